The number of nitrogens with zero attached hydrogens (tertiary/aromatic N) is 4. The lowest BCUT2D eigenvalue weighted by Crippen LogP contribution is -2.17. The van der Waals surface area contributed by atoms with Crippen molar-refractivity contribution in [3.8, 4) is 17.0 Å². The highest BCUT2D eigenvalue weighted by atomic mass is 32.2. The van der Waals surface area contributed by atoms with Crippen LogP contribution in [-0.4, -0.2) is 34.9 Å². The van der Waals surface area contributed by atoms with Gasteiger partial charge in [-0.3, -0.25) is 13.9 Å². The number of fused-ring (bicyclic) bond motifs is 1. The predicted molar refractivity (Wildman–Crippen MR) is 114 cm³/mol. The third kappa shape index (κ3) is 3.64. The number of sulfonamides is 1. The number of pyridine rings is 2. The molecule has 0 amide bonds. The van der Waals surface area contributed by atoms with E-state index in [1.807, 2.05) is 0 Å². The fraction of sp³-hybridized carbons (Fsp3) is 0.158. The molecule has 0 aromatic carbocycles. The van der Waals surface area contributed by atoms with Gasteiger partial charge in [-0.2, -0.15) is 8.42 Å². The van der Waals surface area contributed by atoms with E-state index in [1.54, 1.807) is 44.4 Å². The Morgan fingerprint density at radius 2 is 1.87 bits per heavy atom. The molecule has 0 saturated carbocycles. The summed E-state index contributed by atoms with van der Waals surface area (Å²) >= 11 is 1.06. The lowest BCUT2D eigenvalue weighted by atomic mass is 10.1. The monoisotopic (exact) mass is 443 g/mol. The second kappa shape index (κ2) is 7.50. The van der Waals surface area contributed by atoms with Crippen molar-refractivity contribution >= 4 is 32.7 Å². The minimum absolute atomic E-state index is 0.0498. The molecule has 0 aliphatic heterocycles. The molecule has 0 atom stereocenters. The van der Waals surface area contributed by atoms with Crippen LogP contribution >= 0.6 is 11.3 Å². The molecule has 0 bridgehead atoms. The van der Waals surface area contributed by atoms with E-state index in [4.69, 9.17) is 4.74 Å². The van der Waals surface area contributed by atoms with Crippen molar-refractivity contribution in [2.45, 2.75) is 18.2 Å². The van der Waals surface area contributed by atoms with E-state index in [1.165, 1.54) is 23.9 Å². The average Bonchev–Trinajstić information content (AvgIpc) is 3.18. The Balaban J connectivity index is 1.79. The molecule has 9 nitrogen and oxygen atoms in total. The number of ether oxygens (including phenoxy) is 1. The minimum Gasteiger partial charge on any atom is -0.480 e. The van der Waals surface area contributed by atoms with Crippen LogP contribution in [0, 0.1) is 13.8 Å². The predicted octanol–water partition coefficient (Wildman–Crippen LogP) is 2.64. The Morgan fingerprint density at radius 3 is 2.57 bits per heavy atom. The van der Waals surface area contributed by atoms with E-state index in [-0.39, 0.29) is 21.5 Å². The van der Waals surface area contributed by atoms with Crippen molar-refractivity contribution in [1.29, 1.82) is 0 Å². The van der Waals surface area contributed by atoms with Crippen LogP contribution in [-0.2, 0) is 10.0 Å². The number of aryl methyl sites for hydroxylation is 2. The van der Waals surface area contributed by atoms with Crippen LogP contribution in [0.2, 0.25) is 0 Å². The standard InChI is InChI=1S/C19H17N5O4S2/c1-11-7-20-16-5-4-13(10-24(16)18(11)25)14-6-15(17(28-3)21-9-14)23-30(26,27)19-22-8-12(2)29-19/h4-10,23H,1-3H3. The van der Waals surface area contributed by atoms with Crippen molar-refractivity contribution in [2.24, 2.45) is 0 Å². The number of rotatable bonds is 5. The van der Waals surface area contributed by atoms with Crippen LogP contribution < -0.4 is 15.0 Å². The number of aromatic nitrogens is 4. The van der Waals surface area contributed by atoms with Crippen molar-refractivity contribution in [3.63, 3.8) is 0 Å². The van der Waals surface area contributed by atoms with E-state index >= 15 is 0 Å². The van der Waals surface area contributed by atoms with E-state index in [9.17, 15) is 13.2 Å². The molecule has 11 heteroatoms. The molecule has 4 aromatic heterocycles. The van der Waals surface area contributed by atoms with E-state index in [2.05, 4.69) is 19.7 Å². The number of nitrogens with one attached hydrogen (secondary N) is 1. The fourth-order valence-electron chi connectivity index (χ4n) is 2.83. The topological polar surface area (TPSA) is 116 Å². The highest BCUT2D eigenvalue weighted by Gasteiger charge is 2.21. The first kappa shape index (κ1) is 20.0. The number of thiazole rings is 1. The Hall–Kier alpha value is -3.31. The van der Waals surface area contributed by atoms with Crippen LogP contribution in [0.4, 0.5) is 5.69 Å². The summed E-state index contributed by atoms with van der Waals surface area (Å²) in [6.07, 6.45) is 6.21. The number of hydrogen-bond acceptors (Lipinski definition) is 8. The highest BCUT2D eigenvalue weighted by molar-refractivity contribution is 7.94. The Bertz CT molecular complexity index is 1430. The molecule has 0 unspecified atom stereocenters. The van der Waals surface area contributed by atoms with Gasteiger partial charge < -0.3 is 4.74 Å². The van der Waals surface area contributed by atoms with Crippen molar-refractivity contribution in [2.75, 3.05) is 11.8 Å². The van der Waals surface area contributed by atoms with Gasteiger partial charge in [0.1, 0.15) is 11.3 Å². The number of anilines is 1. The molecule has 4 rings (SSSR count). The lowest BCUT2D eigenvalue weighted by molar-refractivity contribution is 0.400. The molecule has 0 spiro atoms. The summed E-state index contributed by atoms with van der Waals surface area (Å²) < 4.78 is 34.5. The summed E-state index contributed by atoms with van der Waals surface area (Å²) in [6, 6.07) is 5.09. The van der Waals surface area contributed by atoms with E-state index < -0.39 is 10.0 Å². The number of hydrogen-bond donors (Lipinski definition) is 1. The fourth-order valence-corrected chi connectivity index (χ4v) is 4.99. The first-order chi connectivity index (χ1) is 14.3. The van der Waals surface area contributed by atoms with Gasteiger partial charge in [-0.1, -0.05) is 0 Å². The maximum absolute atomic E-state index is 12.7. The minimum atomic E-state index is -3.90. The van der Waals surface area contributed by atoms with Crippen molar-refractivity contribution in [1.82, 2.24) is 19.4 Å². The quantitative estimate of drug-likeness (QED) is 0.504. The van der Waals surface area contributed by atoms with Gasteiger partial charge in [0, 0.05) is 46.4 Å². The third-order valence-electron chi connectivity index (χ3n) is 4.33. The zero-order valence-electron chi connectivity index (χ0n) is 16.3. The van der Waals surface area contributed by atoms with Gasteiger partial charge in [-0.25, -0.2) is 15.0 Å². The van der Waals surface area contributed by atoms with Crippen LogP contribution in [0.1, 0.15) is 10.4 Å². The Kier molecular flexibility index (Phi) is 5.00. The highest BCUT2D eigenvalue weighted by Crippen LogP contribution is 2.30. The van der Waals surface area contributed by atoms with Gasteiger partial charge in [0.25, 0.3) is 15.6 Å². The van der Waals surface area contributed by atoms with Crippen LogP contribution in [0.25, 0.3) is 16.8 Å². The zero-order valence-corrected chi connectivity index (χ0v) is 17.9. The second-order valence-corrected chi connectivity index (χ2v) is 9.61. The summed E-state index contributed by atoms with van der Waals surface area (Å²) in [7, 11) is -2.50. The van der Waals surface area contributed by atoms with E-state index in [0.29, 0.717) is 22.3 Å². The summed E-state index contributed by atoms with van der Waals surface area (Å²) in [5.41, 5.74) is 2.28. The molecule has 0 aliphatic carbocycles. The molecule has 4 aromatic rings. The largest absolute Gasteiger partial charge is 0.480 e. The Labute approximate surface area is 176 Å². The van der Waals surface area contributed by atoms with Crippen LogP contribution in [0.15, 0.2) is 52.1 Å². The molecular formula is C19H17N5O4S2. The average molecular weight is 444 g/mol. The van der Waals surface area contributed by atoms with Crippen molar-refractivity contribution < 1.29 is 13.2 Å². The SMILES string of the molecule is COc1ncc(-c2ccc3ncc(C)c(=O)n3c2)cc1NS(=O)(=O)c1ncc(C)s1. The molecular weight excluding hydrogens is 426 g/mol. The maximum Gasteiger partial charge on any atom is 0.289 e. The zero-order chi connectivity index (χ0) is 21.5. The van der Waals surface area contributed by atoms with Gasteiger partial charge in [-0.15, -0.1) is 11.3 Å². The Morgan fingerprint density at radius 1 is 1.07 bits per heavy atom. The maximum atomic E-state index is 12.7. The summed E-state index contributed by atoms with van der Waals surface area (Å²) in [5, 5.41) is 0. The normalized spacial score (nSPS) is 11.6. The second-order valence-electron chi connectivity index (χ2n) is 6.52. The van der Waals surface area contributed by atoms with Gasteiger partial charge in [0.15, 0.2) is 0 Å². The summed E-state index contributed by atoms with van der Waals surface area (Å²) in [5.74, 6) is 0.117. The molecule has 30 heavy (non-hydrogen) atoms. The van der Waals surface area contributed by atoms with Gasteiger partial charge >= 0.3 is 0 Å². The molecule has 0 fully saturated rings. The van der Waals surface area contributed by atoms with Crippen molar-refractivity contribution in [3.05, 3.63) is 63.8 Å². The van der Waals surface area contributed by atoms with Crippen LogP contribution in [0.5, 0.6) is 5.88 Å². The molecule has 0 radical (unpaired) electrons. The lowest BCUT2D eigenvalue weighted by Gasteiger charge is -2.12. The first-order valence-corrected chi connectivity index (χ1v) is 11.1. The first-order valence-electron chi connectivity index (χ1n) is 8.76. The van der Waals surface area contributed by atoms with Crippen LogP contribution in [0.3, 0.4) is 0 Å². The molecule has 0 saturated heterocycles. The van der Waals surface area contributed by atoms with Gasteiger partial charge in [0.2, 0.25) is 10.2 Å². The summed E-state index contributed by atoms with van der Waals surface area (Å²) in [4.78, 5) is 25.6. The third-order valence-corrected chi connectivity index (χ3v) is 7.00. The van der Waals surface area contributed by atoms with Gasteiger partial charge in [0.05, 0.1) is 7.11 Å². The molecule has 4 heterocycles. The van der Waals surface area contributed by atoms with E-state index in [0.717, 1.165) is 16.2 Å². The molecule has 0 aliphatic rings. The summed E-state index contributed by atoms with van der Waals surface area (Å²) in [6.45, 7) is 3.47. The molecule has 1 N–H and O–H groups in total. The molecule has 154 valence electrons. The smallest absolute Gasteiger partial charge is 0.289 e. The number of methoxy groups -OCH3 is 1. The van der Waals surface area contributed by atoms with Gasteiger partial charge in [-0.05, 0) is 32.0 Å².